The topological polar surface area (TPSA) is 114 Å². The number of urea groups is 1. The van der Waals surface area contributed by atoms with Gasteiger partial charge in [-0.2, -0.15) is 9.89 Å². The molecule has 24 heavy (non-hydrogen) atoms. The quantitative estimate of drug-likeness (QED) is 0.698. The van der Waals surface area contributed by atoms with Gasteiger partial charge in [-0.05, 0) is 30.7 Å². The first-order valence-electron chi connectivity index (χ1n) is 7.35. The zero-order valence-corrected chi connectivity index (χ0v) is 12.9. The Morgan fingerprint density at radius 2 is 2.21 bits per heavy atom. The number of amides is 2. The van der Waals surface area contributed by atoms with Crippen molar-refractivity contribution >= 4 is 17.6 Å². The number of rotatable bonds is 5. The maximum atomic E-state index is 11.6. The van der Waals surface area contributed by atoms with Crippen LogP contribution in [-0.2, 0) is 6.54 Å². The Morgan fingerprint density at radius 3 is 2.92 bits per heavy atom. The van der Waals surface area contributed by atoms with Gasteiger partial charge in [0.15, 0.2) is 5.65 Å². The summed E-state index contributed by atoms with van der Waals surface area (Å²) in [6.45, 7) is 2.24. The first-order chi connectivity index (χ1) is 11.7. The normalized spacial score (nSPS) is 10.5. The van der Waals surface area contributed by atoms with Crippen LogP contribution in [0.25, 0.3) is 16.8 Å². The first kappa shape index (κ1) is 15.5. The molecule has 0 spiro atoms. The van der Waals surface area contributed by atoms with Gasteiger partial charge in [0, 0.05) is 24.5 Å². The number of pyridine rings is 2. The van der Waals surface area contributed by atoms with Crippen molar-refractivity contribution in [2.24, 2.45) is 5.18 Å². The van der Waals surface area contributed by atoms with Gasteiger partial charge in [0.05, 0.1) is 5.69 Å². The van der Waals surface area contributed by atoms with Gasteiger partial charge < -0.3 is 5.32 Å². The van der Waals surface area contributed by atoms with Crippen molar-refractivity contribution in [1.29, 1.82) is 0 Å². The SMILES string of the molecule is CCNC(=O)Nc1nc2cc(-c3cccnc3)cc(CN=O)n2n1. The van der Waals surface area contributed by atoms with Gasteiger partial charge in [0.1, 0.15) is 6.54 Å². The van der Waals surface area contributed by atoms with Crippen molar-refractivity contribution in [2.75, 3.05) is 11.9 Å². The van der Waals surface area contributed by atoms with Crippen LogP contribution < -0.4 is 10.6 Å². The molecule has 2 N–H and O–H groups in total. The van der Waals surface area contributed by atoms with E-state index in [2.05, 4.69) is 30.9 Å². The fourth-order valence-electron chi connectivity index (χ4n) is 2.29. The predicted octanol–water partition coefficient (Wildman–Crippen LogP) is 2.20. The standard InChI is InChI=1S/C15H15N7O2/c1-2-17-15(23)20-14-19-13-7-11(10-4-3-5-16-8-10)6-12(9-18-24)22(13)21-14/h3-8H,2,9H2,1H3,(H2,17,20,21,23). The predicted molar refractivity (Wildman–Crippen MR) is 88.4 cm³/mol. The highest BCUT2D eigenvalue weighted by Gasteiger charge is 2.12. The van der Waals surface area contributed by atoms with Crippen LogP contribution >= 0.6 is 0 Å². The highest BCUT2D eigenvalue weighted by molar-refractivity contribution is 5.87. The molecule has 0 unspecified atom stereocenters. The van der Waals surface area contributed by atoms with Crippen molar-refractivity contribution < 1.29 is 4.79 Å². The maximum absolute atomic E-state index is 11.6. The third-order valence-corrected chi connectivity index (χ3v) is 3.30. The second-order valence-corrected chi connectivity index (χ2v) is 4.95. The number of nitrogens with one attached hydrogen (secondary N) is 2. The fourth-order valence-corrected chi connectivity index (χ4v) is 2.29. The van der Waals surface area contributed by atoms with E-state index in [0.29, 0.717) is 17.9 Å². The minimum atomic E-state index is -0.393. The van der Waals surface area contributed by atoms with Crippen LogP contribution in [0.1, 0.15) is 12.6 Å². The molecule has 3 heterocycles. The second-order valence-electron chi connectivity index (χ2n) is 4.95. The largest absolute Gasteiger partial charge is 0.338 e. The Morgan fingerprint density at radius 1 is 1.33 bits per heavy atom. The minimum absolute atomic E-state index is 0.0610. The molecule has 9 heteroatoms. The summed E-state index contributed by atoms with van der Waals surface area (Å²) in [7, 11) is 0. The third-order valence-electron chi connectivity index (χ3n) is 3.30. The molecular formula is C15H15N7O2. The van der Waals surface area contributed by atoms with E-state index >= 15 is 0 Å². The summed E-state index contributed by atoms with van der Waals surface area (Å²) in [6, 6.07) is 6.94. The maximum Gasteiger partial charge on any atom is 0.321 e. The molecule has 0 fully saturated rings. The lowest BCUT2D eigenvalue weighted by Crippen LogP contribution is -2.28. The summed E-state index contributed by atoms with van der Waals surface area (Å²) in [4.78, 5) is 30.7. The van der Waals surface area contributed by atoms with E-state index < -0.39 is 6.03 Å². The van der Waals surface area contributed by atoms with Crippen LogP contribution in [-0.4, -0.2) is 32.2 Å². The number of carbonyl (C=O) groups excluding carboxylic acids is 1. The smallest absolute Gasteiger partial charge is 0.321 e. The number of anilines is 1. The Bertz CT molecular complexity index is 876. The Kier molecular flexibility index (Phi) is 4.41. The van der Waals surface area contributed by atoms with Crippen molar-refractivity contribution in [3.8, 4) is 11.1 Å². The molecule has 3 aromatic rings. The molecule has 0 saturated heterocycles. The summed E-state index contributed by atoms with van der Waals surface area (Å²) in [6.07, 6.45) is 3.40. The number of hydrogen-bond donors (Lipinski definition) is 2. The molecule has 3 aromatic heterocycles. The fraction of sp³-hybridized carbons (Fsp3) is 0.200. The average molecular weight is 325 g/mol. The van der Waals surface area contributed by atoms with E-state index in [0.717, 1.165) is 11.1 Å². The highest BCUT2D eigenvalue weighted by atomic mass is 16.3. The van der Waals surface area contributed by atoms with Crippen molar-refractivity contribution in [2.45, 2.75) is 13.5 Å². The van der Waals surface area contributed by atoms with Crippen molar-refractivity contribution in [3.05, 3.63) is 47.3 Å². The average Bonchev–Trinajstić information content (AvgIpc) is 2.98. The molecule has 0 aliphatic heterocycles. The second kappa shape index (κ2) is 6.82. The molecule has 0 aliphatic rings. The lowest BCUT2D eigenvalue weighted by Gasteiger charge is -2.05. The lowest BCUT2D eigenvalue weighted by atomic mass is 10.1. The molecule has 2 amide bonds. The molecular weight excluding hydrogens is 310 g/mol. The van der Waals surface area contributed by atoms with Crippen LogP contribution in [0.2, 0.25) is 0 Å². The summed E-state index contributed by atoms with van der Waals surface area (Å²) in [5, 5.41) is 12.3. The summed E-state index contributed by atoms with van der Waals surface area (Å²) in [5.74, 6) is 0.149. The van der Waals surface area contributed by atoms with Gasteiger partial charge in [0.25, 0.3) is 5.95 Å². The number of nitroso groups, excluding NO2 is 1. The number of carbonyl (C=O) groups is 1. The molecule has 0 bridgehead atoms. The zero-order valence-electron chi connectivity index (χ0n) is 12.9. The summed E-state index contributed by atoms with van der Waals surface area (Å²) >= 11 is 0. The molecule has 0 radical (unpaired) electrons. The lowest BCUT2D eigenvalue weighted by molar-refractivity contribution is 0.252. The highest BCUT2D eigenvalue weighted by Crippen LogP contribution is 2.22. The van der Waals surface area contributed by atoms with Gasteiger partial charge in [-0.15, -0.1) is 5.10 Å². The zero-order chi connectivity index (χ0) is 16.9. The molecule has 0 aromatic carbocycles. The molecule has 122 valence electrons. The third kappa shape index (κ3) is 3.19. The van der Waals surface area contributed by atoms with Gasteiger partial charge in [0.2, 0.25) is 0 Å². The molecule has 9 nitrogen and oxygen atoms in total. The van der Waals surface area contributed by atoms with E-state index in [4.69, 9.17) is 0 Å². The van der Waals surface area contributed by atoms with Crippen LogP contribution in [0.5, 0.6) is 0 Å². The minimum Gasteiger partial charge on any atom is -0.338 e. The number of nitrogens with zero attached hydrogens (tertiary/aromatic N) is 5. The monoisotopic (exact) mass is 325 g/mol. The van der Waals surface area contributed by atoms with E-state index in [1.807, 2.05) is 19.1 Å². The summed E-state index contributed by atoms with van der Waals surface area (Å²) < 4.78 is 1.49. The van der Waals surface area contributed by atoms with Crippen molar-refractivity contribution in [3.63, 3.8) is 0 Å². The van der Waals surface area contributed by atoms with E-state index in [1.165, 1.54) is 4.52 Å². The van der Waals surface area contributed by atoms with Crippen LogP contribution in [0.3, 0.4) is 0 Å². The molecule has 0 saturated carbocycles. The number of hydrogen-bond acceptors (Lipinski definition) is 6. The van der Waals surface area contributed by atoms with Gasteiger partial charge in [-0.25, -0.2) is 9.31 Å². The first-order valence-corrected chi connectivity index (χ1v) is 7.35. The molecule has 0 atom stereocenters. The Hall–Kier alpha value is -3.36. The van der Waals surface area contributed by atoms with E-state index in [-0.39, 0.29) is 12.5 Å². The van der Waals surface area contributed by atoms with Gasteiger partial charge in [-0.1, -0.05) is 11.2 Å². The number of aromatic nitrogens is 4. The van der Waals surface area contributed by atoms with Gasteiger partial charge in [-0.3, -0.25) is 10.3 Å². The Labute approximate surface area is 137 Å². The van der Waals surface area contributed by atoms with Crippen LogP contribution in [0.15, 0.2) is 41.8 Å². The number of fused-ring (bicyclic) bond motifs is 1. The van der Waals surface area contributed by atoms with Crippen LogP contribution in [0, 0.1) is 4.91 Å². The van der Waals surface area contributed by atoms with E-state index in [9.17, 15) is 9.70 Å². The van der Waals surface area contributed by atoms with Gasteiger partial charge >= 0.3 is 6.03 Å². The van der Waals surface area contributed by atoms with Crippen LogP contribution in [0.4, 0.5) is 10.7 Å². The molecule has 0 aliphatic carbocycles. The van der Waals surface area contributed by atoms with Crippen molar-refractivity contribution in [1.82, 2.24) is 24.9 Å². The molecule has 3 rings (SSSR count). The Balaban J connectivity index is 2.04. The summed E-state index contributed by atoms with van der Waals surface area (Å²) in [5.41, 5.74) is 2.79. The van der Waals surface area contributed by atoms with E-state index in [1.54, 1.807) is 24.5 Å².